The van der Waals surface area contributed by atoms with Crippen LogP contribution in [0.3, 0.4) is 0 Å². The summed E-state index contributed by atoms with van der Waals surface area (Å²) in [6, 6.07) is 0. The molecule has 0 aliphatic heterocycles. The van der Waals surface area contributed by atoms with Crippen molar-refractivity contribution in [3.63, 3.8) is 0 Å². The largest absolute Gasteiger partial charge is 0.435 e. The van der Waals surface area contributed by atoms with E-state index in [1.165, 1.54) is 18.7 Å². The quantitative estimate of drug-likeness (QED) is 0.810. The van der Waals surface area contributed by atoms with E-state index in [2.05, 4.69) is 30.9 Å². The highest BCUT2D eigenvalue weighted by Crippen LogP contribution is 2.40. The van der Waals surface area contributed by atoms with Crippen LogP contribution in [0.4, 0.5) is 13.2 Å². The summed E-state index contributed by atoms with van der Waals surface area (Å²) in [6.45, 7) is 0. The number of aromatic nitrogens is 3. The standard InChI is InChI=1S/C8H3BrF3N3S/c9-6-5(8(10,11)12)15-7(16-6)4-1-13-3-14-2-4/h1-3H. The van der Waals surface area contributed by atoms with Gasteiger partial charge in [-0.3, -0.25) is 0 Å². The van der Waals surface area contributed by atoms with Crippen LogP contribution < -0.4 is 0 Å². The number of nitrogens with zero attached hydrogens (tertiary/aromatic N) is 3. The Kier molecular flexibility index (Phi) is 2.94. The van der Waals surface area contributed by atoms with Crippen LogP contribution in [0.1, 0.15) is 5.69 Å². The van der Waals surface area contributed by atoms with Gasteiger partial charge in [0.25, 0.3) is 0 Å². The average molecular weight is 310 g/mol. The molecule has 2 heterocycles. The van der Waals surface area contributed by atoms with Gasteiger partial charge in [0.05, 0.1) is 0 Å². The van der Waals surface area contributed by atoms with Gasteiger partial charge in [0, 0.05) is 18.0 Å². The van der Waals surface area contributed by atoms with Crippen LogP contribution in [-0.2, 0) is 6.18 Å². The van der Waals surface area contributed by atoms with E-state index in [9.17, 15) is 13.2 Å². The SMILES string of the molecule is FC(F)(F)c1nc(-c2cncnc2)sc1Br. The van der Waals surface area contributed by atoms with Gasteiger partial charge >= 0.3 is 6.18 Å². The maximum absolute atomic E-state index is 12.5. The third-order valence-electron chi connectivity index (χ3n) is 1.66. The summed E-state index contributed by atoms with van der Waals surface area (Å²) in [7, 11) is 0. The Morgan fingerprint density at radius 2 is 1.81 bits per heavy atom. The van der Waals surface area contributed by atoms with E-state index < -0.39 is 11.9 Å². The first kappa shape index (κ1) is 11.5. The molecule has 0 saturated carbocycles. The van der Waals surface area contributed by atoms with Gasteiger partial charge in [-0.1, -0.05) is 0 Å². The van der Waals surface area contributed by atoms with Gasteiger partial charge in [0.15, 0.2) is 5.69 Å². The molecule has 0 bridgehead atoms. The van der Waals surface area contributed by atoms with Crippen LogP contribution in [0, 0.1) is 0 Å². The molecule has 0 aliphatic carbocycles. The van der Waals surface area contributed by atoms with Crippen molar-refractivity contribution in [1.29, 1.82) is 0 Å². The molecule has 0 atom stereocenters. The highest BCUT2D eigenvalue weighted by molar-refractivity contribution is 9.11. The Morgan fingerprint density at radius 1 is 1.19 bits per heavy atom. The topological polar surface area (TPSA) is 38.7 Å². The minimum Gasteiger partial charge on any atom is -0.244 e. The van der Waals surface area contributed by atoms with Crippen LogP contribution in [0.5, 0.6) is 0 Å². The van der Waals surface area contributed by atoms with Crippen LogP contribution in [0.15, 0.2) is 22.5 Å². The predicted octanol–water partition coefficient (Wildman–Crippen LogP) is 3.38. The molecular weight excluding hydrogens is 307 g/mol. The molecule has 2 aromatic heterocycles. The molecule has 0 radical (unpaired) electrons. The van der Waals surface area contributed by atoms with Crippen LogP contribution in [0.2, 0.25) is 0 Å². The Morgan fingerprint density at radius 3 is 2.31 bits per heavy atom. The third kappa shape index (κ3) is 2.22. The molecule has 0 spiro atoms. The Labute approximate surface area is 101 Å². The first-order valence-electron chi connectivity index (χ1n) is 3.97. The van der Waals surface area contributed by atoms with Crippen molar-refractivity contribution >= 4 is 27.3 Å². The minimum atomic E-state index is -4.46. The number of halogens is 4. The molecule has 2 aromatic rings. The van der Waals surface area contributed by atoms with Crippen molar-refractivity contribution in [2.75, 3.05) is 0 Å². The second kappa shape index (κ2) is 4.10. The lowest BCUT2D eigenvalue weighted by Crippen LogP contribution is -2.05. The lowest BCUT2D eigenvalue weighted by atomic mass is 10.3. The third-order valence-corrected chi connectivity index (χ3v) is 3.42. The Bertz CT molecular complexity index is 497. The zero-order valence-corrected chi connectivity index (χ0v) is 9.90. The van der Waals surface area contributed by atoms with E-state index in [1.807, 2.05) is 0 Å². The molecule has 0 amide bonds. The van der Waals surface area contributed by atoms with Crippen molar-refractivity contribution < 1.29 is 13.2 Å². The summed E-state index contributed by atoms with van der Waals surface area (Å²) in [5, 5.41) is 0.236. The maximum Gasteiger partial charge on any atom is 0.435 e. The number of alkyl halides is 3. The van der Waals surface area contributed by atoms with Crippen molar-refractivity contribution in [3.05, 3.63) is 28.2 Å². The van der Waals surface area contributed by atoms with Gasteiger partial charge in [0.1, 0.15) is 15.1 Å². The first-order valence-corrected chi connectivity index (χ1v) is 5.58. The zero-order chi connectivity index (χ0) is 11.8. The fraction of sp³-hybridized carbons (Fsp3) is 0.125. The fourth-order valence-electron chi connectivity index (χ4n) is 1.01. The summed E-state index contributed by atoms with van der Waals surface area (Å²) in [4.78, 5) is 11.0. The number of rotatable bonds is 1. The van der Waals surface area contributed by atoms with Gasteiger partial charge < -0.3 is 0 Å². The summed E-state index contributed by atoms with van der Waals surface area (Å²) in [5.41, 5.74) is -0.458. The first-order chi connectivity index (χ1) is 7.48. The van der Waals surface area contributed by atoms with Crippen molar-refractivity contribution in [2.24, 2.45) is 0 Å². The molecule has 0 N–H and O–H groups in total. The van der Waals surface area contributed by atoms with Gasteiger partial charge in [0.2, 0.25) is 0 Å². The fourth-order valence-corrected chi connectivity index (χ4v) is 2.57. The van der Waals surface area contributed by atoms with Gasteiger partial charge in [-0.05, 0) is 15.9 Å². The second-order valence-corrected chi connectivity index (χ2v) is 5.08. The van der Waals surface area contributed by atoms with E-state index in [0.29, 0.717) is 5.56 Å². The maximum atomic E-state index is 12.5. The highest BCUT2D eigenvalue weighted by atomic mass is 79.9. The summed E-state index contributed by atoms with van der Waals surface area (Å²) >= 11 is 3.75. The molecule has 3 nitrogen and oxygen atoms in total. The molecule has 0 fully saturated rings. The second-order valence-electron chi connectivity index (χ2n) is 2.77. The van der Waals surface area contributed by atoms with E-state index >= 15 is 0 Å². The van der Waals surface area contributed by atoms with Gasteiger partial charge in [-0.25, -0.2) is 15.0 Å². The summed E-state index contributed by atoms with van der Waals surface area (Å²) in [6.07, 6.45) is -0.323. The molecule has 16 heavy (non-hydrogen) atoms. The lowest BCUT2D eigenvalue weighted by Gasteiger charge is -2.01. The monoisotopic (exact) mass is 309 g/mol. The Hall–Kier alpha value is -1.02. The molecule has 0 unspecified atom stereocenters. The summed E-state index contributed by atoms with van der Waals surface area (Å²) in [5.74, 6) is 0. The average Bonchev–Trinajstić information content (AvgIpc) is 2.61. The molecule has 2 rings (SSSR count). The van der Waals surface area contributed by atoms with E-state index in [4.69, 9.17) is 0 Å². The van der Waals surface area contributed by atoms with E-state index in [0.717, 1.165) is 11.3 Å². The van der Waals surface area contributed by atoms with E-state index in [-0.39, 0.29) is 8.79 Å². The summed E-state index contributed by atoms with van der Waals surface area (Å²) < 4.78 is 37.3. The minimum absolute atomic E-state index is 0.0427. The molecule has 0 saturated heterocycles. The smallest absolute Gasteiger partial charge is 0.244 e. The molecule has 8 heteroatoms. The van der Waals surface area contributed by atoms with Gasteiger partial charge in [-0.2, -0.15) is 13.2 Å². The lowest BCUT2D eigenvalue weighted by molar-refractivity contribution is -0.141. The Balaban J connectivity index is 2.47. The molecule has 84 valence electrons. The highest BCUT2D eigenvalue weighted by Gasteiger charge is 2.37. The predicted molar refractivity (Wildman–Crippen MR) is 55.8 cm³/mol. The number of hydrogen-bond acceptors (Lipinski definition) is 4. The number of thiazole rings is 1. The molecular formula is C8H3BrF3N3S. The van der Waals surface area contributed by atoms with Crippen molar-refractivity contribution in [2.45, 2.75) is 6.18 Å². The molecule has 0 aliphatic rings. The van der Waals surface area contributed by atoms with Crippen molar-refractivity contribution in [1.82, 2.24) is 15.0 Å². The van der Waals surface area contributed by atoms with E-state index in [1.54, 1.807) is 0 Å². The van der Waals surface area contributed by atoms with Gasteiger partial charge in [-0.15, -0.1) is 11.3 Å². The zero-order valence-electron chi connectivity index (χ0n) is 7.49. The normalized spacial score (nSPS) is 11.8. The molecule has 0 aromatic carbocycles. The number of hydrogen-bond donors (Lipinski definition) is 0. The van der Waals surface area contributed by atoms with Crippen LogP contribution >= 0.6 is 27.3 Å². The van der Waals surface area contributed by atoms with Crippen LogP contribution in [0.25, 0.3) is 10.6 Å². The van der Waals surface area contributed by atoms with Crippen molar-refractivity contribution in [3.8, 4) is 10.6 Å². The van der Waals surface area contributed by atoms with Crippen LogP contribution in [-0.4, -0.2) is 15.0 Å².